The molecular weight excluding hydrogens is 258 g/mol. The Bertz CT molecular complexity index is 238. The summed E-state index contributed by atoms with van der Waals surface area (Å²) >= 11 is -0.802. The van der Waals surface area contributed by atoms with Gasteiger partial charge in [0.25, 0.3) is 0 Å². The average molecular weight is 273 g/mol. The molecule has 0 amide bonds. The summed E-state index contributed by atoms with van der Waals surface area (Å²) in [5, 5.41) is 0. The maximum absolute atomic E-state index is 10.9. The molecule has 0 fully saturated rings. The summed E-state index contributed by atoms with van der Waals surface area (Å²) in [6, 6.07) is 0. The van der Waals surface area contributed by atoms with Crippen LogP contribution >= 0.6 is 0 Å². The standard InChI is InChI=1S/C10H15.2ClH.O.V/c1-3-4-5-10-7-6-9(2)8-10;;;;/h6-8H,3-5H2,1-2H3;2*1H;;/q;;;;+2/p-2. The molecule has 0 aromatic rings. The summed E-state index contributed by atoms with van der Waals surface area (Å²) in [4.78, 5) is 0. The van der Waals surface area contributed by atoms with E-state index in [1.807, 2.05) is 6.92 Å². The van der Waals surface area contributed by atoms with Crippen molar-refractivity contribution in [3.05, 3.63) is 23.8 Å². The van der Waals surface area contributed by atoms with Crippen LogP contribution in [-0.2, 0) is 19.9 Å². The average Bonchev–Trinajstić information content (AvgIpc) is 2.45. The first-order valence-electron chi connectivity index (χ1n) is 4.45. The Morgan fingerprint density at radius 3 is 2.50 bits per heavy atom. The summed E-state index contributed by atoms with van der Waals surface area (Å²) in [7, 11) is 0. The SMILES string of the molecule is CCCCC1=C[C](C)([V+2]=[O])C=C1.[Cl-].[Cl-]. The molecule has 0 heterocycles. The smallest absolute Gasteiger partial charge is 1.00 e. The van der Waals surface area contributed by atoms with Gasteiger partial charge in [-0.05, 0) is 0 Å². The van der Waals surface area contributed by atoms with Gasteiger partial charge in [-0.2, -0.15) is 0 Å². The zero-order valence-corrected chi connectivity index (χ0v) is 11.4. The number of halogens is 2. The van der Waals surface area contributed by atoms with Crippen molar-refractivity contribution in [3.8, 4) is 0 Å². The summed E-state index contributed by atoms with van der Waals surface area (Å²) < 4.78 is 10.8. The number of hydrogen-bond donors (Lipinski definition) is 0. The van der Waals surface area contributed by atoms with E-state index in [4.69, 9.17) is 0 Å². The van der Waals surface area contributed by atoms with Crippen LogP contribution < -0.4 is 24.8 Å². The molecule has 0 aromatic heterocycles. The van der Waals surface area contributed by atoms with Crippen molar-refractivity contribution >= 4 is 0 Å². The quantitative estimate of drug-likeness (QED) is 0.544. The Hall–Kier alpha value is 0.444. The van der Waals surface area contributed by atoms with Crippen LogP contribution in [-0.4, -0.2) is 0 Å². The van der Waals surface area contributed by atoms with E-state index in [2.05, 4.69) is 25.2 Å². The van der Waals surface area contributed by atoms with Gasteiger partial charge in [0.2, 0.25) is 0 Å². The van der Waals surface area contributed by atoms with Crippen LogP contribution in [0, 0.1) is 0 Å². The van der Waals surface area contributed by atoms with Crippen LogP contribution in [0.15, 0.2) is 23.8 Å². The first-order valence-corrected chi connectivity index (χ1v) is 5.72. The molecule has 1 aliphatic carbocycles. The van der Waals surface area contributed by atoms with Crippen LogP contribution in [0.2, 0.25) is 4.13 Å². The molecule has 0 saturated heterocycles. The number of allylic oxidation sites excluding steroid dienone is 4. The molecular formula is C10H15Cl2OV. The molecule has 0 spiro atoms. The Labute approximate surface area is 106 Å². The van der Waals surface area contributed by atoms with Crippen molar-refractivity contribution in [2.45, 2.75) is 37.2 Å². The van der Waals surface area contributed by atoms with Crippen molar-refractivity contribution in [3.63, 3.8) is 0 Å². The molecule has 0 N–H and O–H groups in total. The second-order valence-corrected chi connectivity index (χ2v) is 5.26. The summed E-state index contributed by atoms with van der Waals surface area (Å²) in [6.07, 6.45) is 9.97. The van der Waals surface area contributed by atoms with Crippen LogP contribution in [0.25, 0.3) is 0 Å². The van der Waals surface area contributed by atoms with Gasteiger partial charge < -0.3 is 24.8 Å². The fourth-order valence-corrected chi connectivity index (χ4v) is 1.89. The van der Waals surface area contributed by atoms with Crippen molar-refractivity contribution in [1.82, 2.24) is 0 Å². The van der Waals surface area contributed by atoms with Crippen LogP contribution in [0.3, 0.4) is 0 Å². The van der Waals surface area contributed by atoms with E-state index in [1.165, 1.54) is 18.4 Å². The molecule has 1 rings (SSSR count). The Balaban J connectivity index is 0. The Morgan fingerprint density at radius 2 is 2.07 bits per heavy atom. The molecule has 4 heteroatoms. The molecule has 0 aromatic carbocycles. The first kappa shape index (κ1) is 16.9. The molecule has 0 bridgehead atoms. The van der Waals surface area contributed by atoms with E-state index in [9.17, 15) is 3.67 Å². The number of hydrogen-bond acceptors (Lipinski definition) is 1. The van der Waals surface area contributed by atoms with E-state index < -0.39 is 16.2 Å². The van der Waals surface area contributed by atoms with Gasteiger partial charge in [-0.25, -0.2) is 0 Å². The Morgan fingerprint density at radius 1 is 1.43 bits per heavy atom. The monoisotopic (exact) mass is 272 g/mol. The van der Waals surface area contributed by atoms with Gasteiger partial charge in [0, 0.05) is 0 Å². The summed E-state index contributed by atoms with van der Waals surface area (Å²) in [5.74, 6) is 0. The first-order chi connectivity index (χ1) is 5.70. The molecule has 80 valence electrons. The summed E-state index contributed by atoms with van der Waals surface area (Å²) in [6.45, 7) is 4.23. The topological polar surface area (TPSA) is 17.1 Å². The van der Waals surface area contributed by atoms with Gasteiger partial charge in [0.15, 0.2) is 0 Å². The largest absolute Gasteiger partial charge is 1.00 e. The molecule has 0 saturated carbocycles. The number of rotatable bonds is 4. The van der Waals surface area contributed by atoms with E-state index in [1.54, 1.807) is 0 Å². The van der Waals surface area contributed by atoms with Gasteiger partial charge in [-0.3, -0.25) is 0 Å². The molecule has 1 unspecified atom stereocenters. The van der Waals surface area contributed by atoms with Crippen LogP contribution in [0.4, 0.5) is 0 Å². The van der Waals surface area contributed by atoms with Gasteiger partial charge in [0.1, 0.15) is 0 Å². The van der Waals surface area contributed by atoms with E-state index >= 15 is 0 Å². The molecule has 1 nitrogen and oxygen atoms in total. The second kappa shape index (κ2) is 7.70. The maximum Gasteiger partial charge on any atom is -1.00 e. The third kappa shape index (κ3) is 4.79. The maximum atomic E-state index is 10.9. The fourth-order valence-electron chi connectivity index (χ4n) is 1.34. The van der Waals surface area contributed by atoms with E-state index in [0.717, 1.165) is 6.42 Å². The second-order valence-electron chi connectivity index (χ2n) is 3.47. The molecule has 0 radical (unpaired) electrons. The zero-order chi connectivity index (χ0) is 9.03. The predicted molar refractivity (Wildman–Crippen MR) is 45.8 cm³/mol. The third-order valence-corrected chi connectivity index (χ3v) is 3.18. The third-order valence-electron chi connectivity index (χ3n) is 2.13. The van der Waals surface area contributed by atoms with Gasteiger partial charge in [-0.1, -0.05) is 0 Å². The molecule has 14 heavy (non-hydrogen) atoms. The minimum Gasteiger partial charge on any atom is -1.00 e. The van der Waals surface area contributed by atoms with Crippen molar-refractivity contribution in [1.29, 1.82) is 0 Å². The zero-order valence-electron chi connectivity index (χ0n) is 8.46. The van der Waals surface area contributed by atoms with Crippen molar-refractivity contribution in [2.24, 2.45) is 0 Å². The van der Waals surface area contributed by atoms with Crippen LogP contribution in [0.5, 0.6) is 0 Å². The molecule has 1 aliphatic rings. The normalized spacial score (nSPS) is 23.1. The van der Waals surface area contributed by atoms with E-state index in [-0.39, 0.29) is 28.9 Å². The van der Waals surface area contributed by atoms with Gasteiger partial charge in [0.05, 0.1) is 0 Å². The minimum absolute atomic E-state index is 0. The summed E-state index contributed by atoms with van der Waals surface area (Å²) in [5.41, 5.74) is 1.37. The Kier molecular flexibility index (Phi) is 9.27. The molecule has 1 atom stereocenters. The predicted octanol–water partition coefficient (Wildman–Crippen LogP) is -2.71. The van der Waals surface area contributed by atoms with Crippen molar-refractivity contribution < 1.29 is 44.7 Å². The van der Waals surface area contributed by atoms with E-state index in [0.29, 0.717) is 0 Å². The van der Waals surface area contributed by atoms with Gasteiger partial charge >= 0.3 is 81.0 Å². The van der Waals surface area contributed by atoms with Gasteiger partial charge in [-0.15, -0.1) is 0 Å². The number of unbranched alkanes of at least 4 members (excludes halogenated alkanes) is 1. The fraction of sp³-hybridized carbons (Fsp3) is 0.600. The molecule has 0 aliphatic heterocycles. The van der Waals surface area contributed by atoms with Crippen LogP contribution in [0.1, 0.15) is 33.1 Å². The minimum atomic E-state index is -0.802. The van der Waals surface area contributed by atoms with Crippen molar-refractivity contribution in [2.75, 3.05) is 0 Å².